The van der Waals surface area contributed by atoms with Crippen LogP contribution in [0.5, 0.6) is 0 Å². The number of rotatable bonds is 5. The van der Waals surface area contributed by atoms with Gasteiger partial charge in [0.2, 0.25) is 0 Å². The van der Waals surface area contributed by atoms with Gasteiger partial charge in [-0.1, -0.05) is 6.92 Å². The Hall–Kier alpha value is 0.260. The van der Waals surface area contributed by atoms with Crippen LogP contribution in [-0.4, -0.2) is 56.0 Å². The number of hydrogen-bond donors (Lipinski definition) is 0. The Kier molecular flexibility index (Phi) is 4.73. The van der Waals surface area contributed by atoms with Crippen molar-refractivity contribution in [3.05, 3.63) is 0 Å². The van der Waals surface area contributed by atoms with Crippen LogP contribution in [0.1, 0.15) is 13.3 Å². The molecule has 0 amide bonds. The molecule has 1 rings (SSSR count). The van der Waals surface area contributed by atoms with Gasteiger partial charge in [0.1, 0.15) is 0 Å². The molecular formula is C9H19NO2S2. The van der Waals surface area contributed by atoms with Gasteiger partial charge in [-0.3, -0.25) is 0 Å². The van der Waals surface area contributed by atoms with Crippen molar-refractivity contribution in [2.45, 2.75) is 19.4 Å². The summed E-state index contributed by atoms with van der Waals surface area (Å²) in [5.41, 5.74) is 0. The highest BCUT2D eigenvalue weighted by Crippen LogP contribution is 2.16. The summed E-state index contributed by atoms with van der Waals surface area (Å²) in [5, 5.41) is 0. The largest absolute Gasteiger partial charge is 0.302 e. The molecule has 0 N–H and O–H groups in total. The monoisotopic (exact) mass is 237 g/mol. The van der Waals surface area contributed by atoms with E-state index in [2.05, 4.69) is 11.8 Å². The second-order valence-corrected chi connectivity index (χ2v) is 7.36. The Morgan fingerprint density at radius 2 is 2.21 bits per heavy atom. The minimum absolute atomic E-state index is 0.262. The third-order valence-corrected chi connectivity index (χ3v) is 5.25. The van der Waals surface area contributed by atoms with Crippen molar-refractivity contribution in [1.82, 2.24) is 4.90 Å². The molecule has 14 heavy (non-hydrogen) atoms. The Labute approximate surface area is 91.2 Å². The fraction of sp³-hybridized carbons (Fsp3) is 1.00. The lowest BCUT2D eigenvalue weighted by molar-refractivity contribution is 0.278. The number of nitrogens with zero attached hydrogens (tertiary/aromatic N) is 1. The maximum atomic E-state index is 11.2. The molecule has 1 heterocycles. The molecular weight excluding hydrogens is 218 g/mol. The average molecular weight is 237 g/mol. The minimum Gasteiger partial charge on any atom is -0.302 e. The summed E-state index contributed by atoms with van der Waals surface area (Å²) in [4.78, 5) is 2.19. The van der Waals surface area contributed by atoms with E-state index in [1.54, 1.807) is 0 Å². The first kappa shape index (κ1) is 12.3. The maximum Gasteiger partial charge on any atom is 0.151 e. The summed E-state index contributed by atoms with van der Waals surface area (Å²) in [5.74, 6) is 2.98. The van der Waals surface area contributed by atoms with Crippen LogP contribution in [0.15, 0.2) is 0 Å². The van der Waals surface area contributed by atoms with E-state index in [0.29, 0.717) is 11.5 Å². The third kappa shape index (κ3) is 3.79. The van der Waals surface area contributed by atoms with Crippen molar-refractivity contribution in [1.29, 1.82) is 0 Å². The van der Waals surface area contributed by atoms with Gasteiger partial charge in [0.25, 0.3) is 0 Å². The number of thioether (sulfide) groups is 1. The molecule has 0 bridgehead atoms. The summed E-state index contributed by atoms with van der Waals surface area (Å²) in [6, 6.07) is 0.262. The first-order valence-electron chi connectivity index (χ1n) is 5.03. The van der Waals surface area contributed by atoms with Crippen molar-refractivity contribution in [3.63, 3.8) is 0 Å². The predicted molar refractivity (Wildman–Crippen MR) is 62.7 cm³/mol. The Balaban J connectivity index is 2.29. The fourth-order valence-corrected chi connectivity index (χ4v) is 4.17. The van der Waals surface area contributed by atoms with Crippen LogP contribution in [0, 0.1) is 0 Å². The van der Waals surface area contributed by atoms with E-state index in [1.807, 2.05) is 18.8 Å². The van der Waals surface area contributed by atoms with Crippen LogP contribution in [0.25, 0.3) is 0 Å². The first-order valence-corrected chi connectivity index (χ1v) is 8.01. The number of sulfone groups is 1. The van der Waals surface area contributed by atoms with Gasteiger partial charge in [0.15, 0.2) is 9.84 Å². The second kappa shape index (κ2) is 5.37. The lowest BCUT2D eigenvalue weighted by atomic mass is 10.2. The normalized spacial score (nSPS) is 25.8. The van der Waals surface area contributed by atoms with Gasteiger partial charge in [0.05, 0.1) is 11.5 Å². The van der Waals surface area contributed by atoms with Gasteiger partial charge in [-0.15, -0.1) is 0 Å². The van der Waals surface area contributed by atoms with Crippen LogP contribution in [0.2, 0.25) is 0 Å². The highest BCUT2D eigenvalue weighted by molar-refractivity contribution is 7.99. The van der Waals surface area contributed by atoms with E-state index in [0.717, 1.165) is 24.5 Å². The van der Waals surface area contributed by atoms with Crippen molar-refractivity contribution < 1.29 is 8.42 Å². The molecule has 1 atom stereocenters. The number of hydrogen-bond acceptors (Lipinski definition) is 4. The van der Waals surface area contributed by atoms with Crippen molar-refractivity contribution in [3.8, 4) is 0 Å². The molecule has 0 aromatic rings. The predicted octanol–water partition coefficient (Wildman–Crippen LogP) is 0.858. The molecule has 0 aliphatic carbocycles. The third-order valence-electron chi connectivity index (χ3n) is 2.62. The van der Waals surface area contributed by atoms with E-state index in [4.69, 9.17) is 0 Å². The fourth-order valence-electron chi connectivity index (χ4n) is 1.66. The van der Waals surface area contributed by atoms with Crippen molar-refractivity contribution >= 4 is 21.6 Å². The average Bonchev–Trinajstić information content (AvgIpc) is 2.46. The van der Waals surface area contributed by atoms with E-state index in [9.17, 15) is 8.42 Å². The highest BCUT2D eigenvalue weighted by atomic mass is 32.2. The van der Waals surface area contributed by atoms with E-state index >= 15 is 0 Å². The van der Waals surface area contributed by atoms with Gasteiger partial charge in [-0.2, -0.15) is 11.8 Å². The zero-order valence-corrected chi connectivity index (χ0v) is 10.5. The van der Waals surface area contributed by atoms with Crippen LogP contribution in [0.4, 0.5) is 0 Å². The molecule has 0 unspecified atom stereocenters. The van der Waals surface area contributed by atoms with E-state index < -0.39 is 9.84 Å². The van der Waals surface area contributed by atoms with Gasteiger partial charge in [-0.05, 0) is 19.2 Å². The summed E-state index contributed by atoms with van der Waals surface area (Å²) in [6.45, 7) is 3.14. The van der Waals surface area contributed by atoms with Crippen LogP contribution < -0.4 is 0 Å². The summed E-state index contributed by atoms with van der Waals surface area (Å²) in [6.07, 6.45) is 0.815. The Morgan fingerprint density at radius 3 is 2.71 bits per heavy atom. The van der Waals surface area contributed by atoms with Gasteiger partial charge < -0.3 is 4.90 Å². The molecule has 0 saturated carbocycles. The summed E-state index contributed by atoms with van der Waals surface area (Å²) in [7, 11) is -0.690. The zero-order chi connectivity index (χ0) is 10.6. The molecule has 0 radical (unpaired) electrons. The van der Waals surface area contributed by atoms with Gasteiger partial charge >= 0.3 is 0 Å². The lowest BCUT2D eigenvalue weighted by Crippen LogP contribution is -2.34. The van der Waals surface area contributed by atoms with Gasteiger partial charge in [0, 0.05) is 18.3 Å². The smallest absolute Gasteiger partial charge is 0.151 e. The topological polar surface area (TPSA) is 37.4 Å². The molecule has 3 nitrogen and oxygen atoms in total. The molecule has 84 valence electrons. The van der Waals surface area contributed by atoms with Gasteiger partial charge in [-0.25, -0.2) is 8.42 Å². The lowest BCUT2D eigenvalue weighted by Gasteiger charge is -2.22. The van der Waals surface area contributed by atoms with E-state index in [1.165, 1.54) is 0 Å². The molecule has 1 saturated heterocycles. The quantitative estimate of drug-likeness (QED) is 0.665. The highest BCUT2D eigenvalue weighted by Gasteiger charge is 2.30. The van der Waals surface area contributed by atoms with Crippen molar-refractivity contribution in [2.75, 3.05) is 36.6 Å². The standard InChI is InChI=1S/C9H19NO2S2/c1-3-13-6-5-10(2)9-4-7-14(11,12)8-9/h9H,3-8H2,1-2H3/t9-/m0/s1. The molecule has 5 heteroatoms. The minimum atomic E-state index is -2.72. The Morgan fingerprint density at radius 1 is 1.50 bits per heavy atom. The zero-order valence-electron chi connectivity index (χ0n) is 8.90. The van der Waals surface area contributed by atoms with Crippen molar-refractivity contribution in [2.24, 2.45) is 0 Å². The molecule has 1 fully saturated rings. The second-order valence-electron chi connectivity index (χ2n) is 3.73. The first-order chi connectivity index (χ1) is 6.55. The molecule has 0 aromatic heterocycles. The maximum absolute atomic E-state index is 11.2. The molecule has 1 aliphatic heterocycles. The molecule has 0 aromatic carbocycles. The van der Waals surface area contributed by atoms with Crippen LogP contribution >= 0.6 is 11.8 Å². The summed E-state index contributed by atoms with van der Waals surface area (Å²) < 4.78 is 22.5. The van der Waals surface area contributed by atoms with E-state index in [-0.39, 0.29) is 6.04 Å². The Bertz CT molecular complexity index is 264. The molecule has 0 spiro atoms. The SMILES string of the molecule is CCSCCN(C)[C@H]1CCS(=O)(=O)C1. The van der Waals surface area contributed by atoms with Crippen LogP contribution in [-0.2, 0) is 9.84 Å². The summed E-state index contributed by atoms with van der Waals surface area (Å²) >= 11 is 1.90. The van der Waals surface area contributed by atoms with Crippen LogP contribution in [0.3, 0.4) is 0 Å². The molecule has 1 aliphatic rings.